The maximum Gasteiger partial charge on any atom is 0.405 e. The minimum Gasteiger partial charge on any atom is -0.392 e. The zero-order chi connectivity index (χ0) is 22.9. The van der Waals surface area contributed by atoms with E-state index in [1.807, 2.05) is 31.2 Å². The van der Waals surface area contributed by atoms with Crippen LogP contribution < -0.4 is 15.1 Å². The van der Waals surface area contributed by atoms with Gasteiger partial charge in [-0.25, -0.2) is 14.7 Å². The molecule has 2 heterocycles. The molecule has 0 unspecified atom stereocenters. The number of aliphatic hydroxyl groups excluding tert-OH is 1. The van der Waals surface area contributed by atoms with Crippen LogP contribution in [0.15, 0.2) is 54.7 Å². The lowest BCUT2D eigenvalue weighted by Gasteiger charge is -2.36. The van der Waals surface area contributed by atoms with Crippen LogP contribution in [-0.4, -0.2) is 33.8 Å². The first kappa shape index (κ1) is 21.6. The summed E-state index contributed by atoms with van der Waals surface area (Å²) in [4.78, 5) is 24.6. The number of hydrogen-bond acceptors (Lipinski definition) is 5. The molecule has 1 aliphatic rings. The molecule has 3 aromatic rings. The molecule has 0 saturated heterocycles. The maximum absolute atomic E-state index is 13.5. The van der Waals surface area contributed by atoms with Crippen LogP contribution in [0, 0.1) is 6.92 Å². The van der Waals surface area contributed by atoms with Gasteiger partial charge in [-0.15, -0.1) is 0 Å². The van der Waals surface area contributed by atoms with Crippen molar-refractivity contribution >= 4 is 29.2 Å². The smallest absolute Gasteiger partial charge is 0.392 e. The molecule has 1 aliphatic heterocycles. The quantitative estimate of drug-likeness (QED) is 0.606. The summed E-state index contributed by atoms with van der Waals surface area (Å²) in [6.45, 7) is 0.659. The van der Waals surface area contributed by atoms with Gasteiger partial charge in [0.2, 0.25) is 5.95 Å². The zero-order valence-electron chi connectivity index (χ0n) is 17.1. The minimum absolute atomic E-state index is 0.159. The highest BCUT2D eigenvalue weighted by Gasteiger charge is 2.35. The Labute approximate surface area is 182 Å². The van der Waals surface area contributed by atoms with Gasteiger partial charge in [0.05, 0.1) is 18.8 Å². The number of aromatic nitrogens is 2. The molecule has 1 aromatic heterocycles. The van der Waals surface area contributed by atoms with Crippen LogP contribution in [0.3, 0.4) is 0 Å². The molecule has 166 valence electrons. The molecular weight excluding hydrogens is 423 g/mol. The fourth-order valence-corrected chi connectivity index (χ4v) is 3.33. The number of nitrogens with one attached hydrogen (secondary N) is 1. The summed E-state index contributed by atoms with van der Waals surface area (Å²) in [5.41, 5.74) is 3.41. The molecule has 7 nitrogen and oxygen atoms in total. The third-order valence-corrected chi connectivity index (χ3v) is 4.97. The molecule has 0 aliphatic carbocycles. The lowest BCUT2D eigenvalue weighted by Crippen LogP contribution is -2.45. The van der Waals surface area contributed by atoms with Gasteiger partial charge < -0.3 is 10.4 Å². The van der Waals surface area contributed by atoms with Gasteiger partial charge in [0.25, 0.3) is 0 Å². The molecular formula is C22H20F3N5O2. The van der Waals surface area contributed by atoms with E-state index >= 15 is 0 Å². The van der Waals surface area contributed by atoms with Crippen LogP contribution in [0.5, 0.6) is 0 Å². The van der Waals surface area contributed by atoms with Crippen molar-refractivity contribution in [3.63, 3.8) is 0 Å². The third kappa shape index (κ3) is 4.50. The van der Waals surface area contributed by atoms with E-state index in [2.05, 4.69) is 15.3 Å². The largest absolute Gasteiger partial charge is 0.405 e. The molecule has 0 radical (unpaired) electrons. The average molecular weight is 443 g/mol. The van der Waals surface area contributed by atoms with Crippen molar-refractivity contribution in [2.45, 2.75) is 26.3 Å². The normalized spacial score (nSPS) is 13.8. The van der Waals surface area contributed by atoms with Crippen molar-refractivity contribution in [3.8, 4) is 0 Å². The number of aryl methyl sites for hydroxylation is 1. The monoisotopic (exact) mass is 443 g/mol. The first-order valence-corrected chi connectivity index (χ1v) is 9.80. The number of hydrogen-bond donors (Lipinski definition) is 2. The number of rotatable bonds is 5. The van der Waals surface area contributed by atoms with E-state index in [-0.39, 0.29) is 24.9 Å². The molecule has 2 N–H and O–H groups in total. The number of carbonyl (C=O) groups excluding carboxylic acids is 1. The second-order valence-corrected chi connectivity index (χ2v) is 7.38. The first-order chi connectivity index (χ1) is 15.2. The van der Waals surface area contributed by atoms with Gasteiger partial charge >= 0.3 is 12.2 Å². The second-order valence-electron chi connectivity index (χ2n) is 7.38. The molecule has 0 fully saturated rings. The average Bonchev–Trinajstić information content (AvgIpc) is 2.77. The van der Waals surface area contributed by atoms with E-state index in [1.54, 1.807) is 29.2 Å². The van der Waals surface area contributed by atoms with Crippen LogP contribution in [0.2, 0.25) is 0 Å². The van der Waals surface area contributed by atoms with Crippen LogP contribution in [0.4, 0.5) is 41.1 Å². The Morgan fingerprint density at radius 1 is 1.06 bits per heavy atom. The lowest BCUT2D eigenvalue weighted by atomic mass is 10.1. The van der Waals surface area contributed by atoms with Gasteiger partial charge in [0, 0.05) is 17.4 Å². The van der Waals surface area contributed by atoms with Crippen molar-refractivity contribution in [1.82, 2.24) is 9.97 Å². The first-order valence-electron chi connectivity index (χ1n) is 9.80. The Kier molecular flexibility index (Phi) is 5.70. The zero-order valence-corrected chi connectivity index (χ0v) is 17.1. The lowest BCUT2D eigenvalue weighted by molar-refractivity contribution is -0.115. The van der Waals surface area contributed by atoms with E-state index in [1.165, 1.54) is 11.1 Å². The molecule has 2 aromatic carbocycles. The van der Waals surface area contributed by atoms with Crippen molar-refractivity contribution in [2.75, 3.05) is 21.7 Å². The Balaban J connectivity index is 1.76. The van der Waals surface area contributed by atoms with E-state index in [4.69, 9.17) is 0 Å². The number of amides is 2. The Bertz CT molecular complexity index is 1120. The van der Waals surface area contributed by atoms with Gasteiger partial charge in [-0.1, -0.05) is 29.8 Å². The van der Waals surface area contributed by atoms with E-state index in [0.29, 0.717) is 22.5 Å². The highest BCUT2D eigenvalue weighted by Crippen LogP contribution is 2.36. The molecule has 10 heteroatoms. The van der Waals surface area contributed by atoms with Crippen molar-refractivity contribution < 1.29 is 23.1 Å². The Morgan fingerprint density at radius 3 is 2.34 bits per heavy atom. The van der Waals surface area contributed by atoms with Crippen molar-refractivity contribution in [2.24, 2.45) is 0 Å². The fourth-order valence-electron chi connectivity index (χ4n) is 3.33. The van der Waals surface area contributed by atoms with E-state index in [0.717, 1.165) is 5.56 Å². The summed E-state index contributed by atoms with van der Waals surface area (Å²) < 4.78 is 37.8. The predicted octanol–water partition coefficient (Wildman–Crippen LogP) is 4.53. The number of nitrogens with zero attached hydrogens (tertiary/aromatic N) is 4. The number of anilines is 4. The van der Waals surface area contributed by atoms with Crippen LogP contribution in [-0.2, 0) is 13.2 Å². The fraction of sp³-hybridized carbons (Fsp3) is 0.227. The number of alkyl halides is 3. The van der Waals surface area contributed by atoms with Crippen LogP contribution >= 0.6 is 0 Å². The molecule has 0 saturated carbocycles. The Morgan fingerprint density at radius 2 is 1.72 bits per heavy atom. The summed E-state index contributed by atoms with van der Waals surface area (Å²) >= 11 is 0. The third-order valence-electron chi connectivity index (χ3n) is 4.97. The van der Waals surface area contributed by atoms with E-state index in [9.17, 15) is 23.1 Å². The molecule has 4 rings (SSSR count). The number of carbonyl (C=O) groups is 1. The van der Waals surface area contributed by atoms with Gasteiger partial charge in [0.1, 0.15) is 6.54 Å². The highest BCUT2D eigenvalue weighted by molar-refractivity contribution is 6.10. The molecule has 32 heavy (non-hydrogen) atoms. The number of aliphatic hydroxyl groups is 1. The number of halogens is 3. The number of urea groups is 1. The van der Waals surface area contributed by atoms with Crippen molar-refractivity contribution in [1.29, 1.82) is 0 Å². The molecule has 0 bridgehead atoms. The summed E-state index contributed by atoms with van der Waals surface area (Å²) in [7, 11) is 0. The van der Waals surface area contributed by atoms with Gasteiger partial charge in [0.15, 0.2) is 5.82 Å². The minimum atomic E-state index is -4.43. The maximum atomic E-state index is 13.5. The van der Waals surface area contributed by atoms with E-state index < -0.39 is 18.8 Å². The summed E-state index contributed by atoms with van der Waals surface area (Å²) in [6.07, 6.45) is -3.01. The van der Waals surface area contributed by atoms with Gasteiger partial charge in [-0.2, -0.15) is 18.2 Å². The standard InChI is InChI=1S/C22H20F3N5O2/c1-14-2-6-17(7-3-14)29-11-16-10-26-20(27-13-22(23,24)25)28-19(16)30(21(29)32)18-8-4-15(12-31)5-9-18/h2-10,31H,11-13H2,1H3,(H,26,27,28). The predicted molar refractivity (Wildman–Crippen MR) is 114 cm³/mol. The molecule has 0 atom stereocenters. The highest BCUT2D eigenvalue weighted by atomic mass is 19.4. The van der Waals surface area contributed by atoms with Crippen LogP contribution in [0.25, 0.3) is 0 Å². The van der Waals surface area contributed by atoms with Crippen LogP contribution in [0.1, 0.15) is 16.7 Å². The summed E-state index contributed by atoms with van der Waals surface area (Å²) in [5.74, 6) is -0.0237. The number of benzene rings is 2. The Hall–Kier alpha value is -3.66. The molecule has 2 amide bonds. The van der Waals surface area contributed by atoms with Gasteiger partial charge in [-0.3, -0.25) is 4.90 Å². The van der Waals surface area contributed by atoms with Crippen molar-refractivity contribution in [3.05, 3.63) is 71.4 Å². The summed E-state index contributed by atoms with van der Waals surface area (Å²) in [5, 5.41) is 11.5. The van der Waals surface area contributed by atoms with Gasteiger partial charge in [-0.05, 0) is 36.8 Å². The molecule has 0 spiro atoms. The topological polar surface area (TPSA) is 81.6 Å². The summed E-state index contributed by atoms with van der Waals surface area (Å²) in [6, 6.07) is 13.6. The second kappa shape index (κ2) is 8.46. The number of fused-ring (bicyclic) bond motifs is 1. The SMILES string of the molecule is Cc1ccc(N2Cc3cnc(NCC(F)(F)F)nc3N(c3ccc(CO)cc3)C2=O)cc1.